The maximum atomic E-state index is 10.7. The van der Waals surface area contributed by atoms with Crippen molar-refractivity contribution in [2.24, 2.45) is 5.92 Å². The SMILES string of the molecule is CSc1ccccc1OC(C)(C)C1OCC(C/C=C\CCC(=O)O)C(c2cccnc2)O1. The lowest BCUT2D eigenvalue weighted by Gasteiger charge is -2.43. The maximum absolute atomic E-state index is 10.7. The largest absolute Gasteiger partial charge is 0.481 e. The summed E-state index contributed by atoms with van der Waals surface area (Å²) >= 11 is 1.64. The van der Waals surface area contributed by atoms with Crippen LogP contribution in [0.25, 0.3) is 0 Å². The Bertz CT molecular complexity index is 902. The molecular formula is C25H31NO5S. The summed E-state index contributed by atoms with van der Waals surface area (Å²) in [7, 11) is 0. The normalized spacial score (nSPS) is 21.5. The van der Waals surface area contributed by atoms with E-state index in [0.717, 1.165) is 22.6 Å². The van der Waals surface area contributed by atoms with Crippen LogP contribution in [0, 0.1) is 5.92 Å². The highest BCUT2D eigenvalue weighted by atomic mass is 32.2. The molecule has 1 aliphatic heterocycles. The molecular weight excluding hydrogens is 426 g/mol. The van der Waals surface area contributed by atoms with Crippen molar-refractivity contribution in [2.75, 3.05) is 12.9 Å². The zero-order chi connectivity index (χ0) is 23.0. The summed E-state index contributed by atoms with van der Waals surface area (Å²) < 4.78 is 19.0. The summed E-state index contributed by atoms with van der Waals surface area (Å²) in [5.41, 5.74) is 0.277. The molecule has 3 unspecified atom stereocenters. The monoisotopic (exact) mass is 457 g/mol. The number of aromatic nitrogens is 1. The summed E-state index contributed by atoms with van der Waals surface area (Å²) in [5, 5.41) is 8.80. The van der Waals surface area contributed by atoms with E-state index in [2.05, 4.69) is 4.98 Å². The zero-order valence-corrected chi connectivity index (χ0v) is 19.6. The maximum Gasteiger partial charge on any atom is 0.303 e. The number of carboxylic acids is 1. The van der Waals surface area contributed by atoms with Gasteiger partial charge in [-0.15, -0.1) is 11.8 Å². The zero-order valence-electron chi connectivity index (χ0n) is 18.8. The molecule has 0 bridgehead atoms. The number of carbonyl (C=O) groups is 1. The van der Waals surface area contributed by atoms with Crippen molar-refractivity contribution in [1.29, 1.82) is 0 Å². The van der Waals surface area contributed by atoms with Gasteiger partial charge in [0.05, 0.1) is 12.7 Å². The van der Waals surface area contributed by atoms with Gasteiger partial charge >= 0.3 is 5.97 Å². The van der Waals surface area contributed by atoms with E-state index in [9.17, 15) is 4.79 Å². The third-order valence-electron chi connectivity index (χ3n) is 5.31. The van der Waals surface area contributed by atoms with Crippen LogP contribution in [-0.2, 0) is 14.3 Å². The van der Waals surface area contributed by atoms with Gasteiger partial charge in [-0.05, 0) is 56.7 Å². The lowest BCUT2D eigenvalue weighted by Crippen LogP contribution is -2.50. The van der Waals surface area contributed by atoms with Crippen LogP contribution in [0.5, 0.6) is 5.75 Å². The number of rotatable bonds is 10. The quantitative estimate of drug-likeness (QED) is 0.373. The summed E-state index contributed by atoms with van der Waals surface area (Å²) in [6.45, 7) is 4.45. The highest BCUT2D eigenvalue weighted by Gasteiger charge is 2.42. The Balaban J connectivity index is 1.73. The van der Waals surface area contributed by atoms with Crippen LogP contribution in [0.1, 0.15) is 44.8 Å². The van der Waals surface area contributed by atoms with Gasteiger partial charge in [0.1, 0.15) is 5.75 Å². The van der Waals surface area contributed by atoms with Crippen molar-refractivity contribution in [2.45, 2.75) is 56.0 Å². The Morgan fingerprint density at radius 2 is 2.09 bits per heavy atom. The predicted molar refractivity (Wildman–Crippen MR) is 125 cm³/mol. The molecule has 1 N–H and O–H groups in total. The molecule has 1 saturated heterocycles. The molecule has 1 aromatic heterocycles. The molecule has 3 atom stereocenters. The van der Waals surface area contributed by atoms with E-state index in [4.69, 9.17) is 19.3 Å². The lowest BCUT2D eigenvalue weighted by atomic mass is 9.92. The summed E-state index contributed by atoms with van der Waals surface area (Å²) in [4.78, 5) is 16.0. The van der Waals surface area contributed by atoms with E-state index >= 15 is 0 Å². The molecule has 0 radical (unpaired) electrons. The van der Waals surface area contributed by atoms with Crippen LogP contribution >= 0.6 is 11.8 Å². The molecule has 0 saturated carbocycles. The number of nitrogens with zero attached hydrogens (tertiary/aromatic N) is 1. The van der Waals surface area contributed by atoms with Crippen molar-refractivity contribution < 1.29 is 24.1 Å². The van der Waals surface area contributed by atoms with E-state index in [-0.39, 0.29) is 18.4 Å². The van der Waals surface area contributed by atoms with Crippen molar-refractivity contribution in [3.63, 3.8) is 0 Å². The fraction of sp³-hybridized carbons (Fsp3) is 0.440. The molecule has 7 heteroatoms. The second-order valence-corrected chi connectivity index (χ2v) is 9.11. The number of carboxylic acid groups (broad SMARTS) is 1. The summed E-state index contributed by atoms with van der Waals surface area (Å²) in [5.74, 6) is 0.102. The minimum absolute atomic E-state index is 0.0887. The van der Waals surface area contributed by atoms with Gasteiger partial charge in [-0.25, -0.2) is 0 Å². The fourth-order valence-electron chi connectivity index (χ4n) is 3.66. The van der Waals surface area contributed by atoms with E-state index in [0.29, 0.717) is 13.0 Å². The van der Waals surface area contributed by atoms with Crippen molar-refractivity contribution in [1.82, 2.24) is 4.98 Å². The molecule has 1 aromatic carbocycles. The van der Waals surface area contributed by atoms with Gasteiger partial charge in [-0.1, -0.05) is 30.4 Å². The van der Waals surface area contributed by atoms with E-state index in [1.807, 2.05) is 74.9 Å². The Labute approximate surface area is 194 Å². The minimum atomic E-state index is -0.791. The first-order valence-electron chi connectivity index (χ1n) is 10.8. The topological polar surface area (TPSA) is 77.9 Å². The first-order chi connectivity index (χ1) is 15.4. The van der Waals surface area contributed by atoms with E-state index in [1.165, 1.54) is 0 Å². The standard InChI is InChI=1S/C25H31NO5S/c1-25(2,31-20-12-7-8-13-21(20)32-3)24-29-17-19(10-5-4-6-14-22(27)28)23(30-24)18-11-9-15-26-16-18/h4-5,7-9,11-13,15-16,19,23-24H,6,10,14,17H2,1-3H3,(H,27,28)/b5-4-. The van der Waals surface area contributed by atoms with Gasteiger partial charge in [0.15, 0.2) is 11.9 Å². The Hall–Kier alpha value is -2.35. The van der Waals surface area contributed by atoms with E-state index in [1.54, 1.807) is 18.0 Å². The van der Waals surface area contributed by atoms with Gasteiger partial charge in [-0.3, -0.25) is 9.78 Å². The highest BCUT2D eigenvalue weighted by molar-refractivity contribution is 7.98. The van der Waals surface area contributed by atoms with Gasteiger partial charge in [-0.2, -0.15) is 0 Å². The number of pyridine rings is 1. The van der Waals surface area contributed by atoms with Gasteiger partial charge in [0.2, 0.25) is 0 Å². The number of para-hydroxylation sites is 1. The van der Waals surface area contributed by atoms with Crippen LogP contribution in [0.2, 0.25) is 0 Å². The Kier molecular flexibility index (Phi) is 8.73. The number of allylic oxidation sites excluding steroid dienone is 2. The average Bonchev–Trinajstić information content (AvgIpc) is 2.79. The van der Waals surface area contributed by atoms with Gasteiger partial charge < -0.3 is 19.3 Å². The second kappa shape index (κ2) is 11.5. The molecule has 1 fully saturated rings. The second-order valence-electron chi connectivity index (χ2n) is 8.26. The van der Waals surface area contributed by atoms with Gasteiger partial charge in [0.25, 0.3) is 0 Å². The van der Waals surface area contributed by atoms with Crippen LogP contribution in [0.4, 0.5) is 0 Å². The summed E-state index contributed by atoms with van der Waals surface area (Å²) in [6, 6.07) is 11.9. The fourth-order valence-corrected chi connectivity index (χ4v) is 4.19. The third-order valence-corrected chi connectivity index (χ3v) is 6.09. The molecule has 0 amide bonds. The molecule has 0 spiro atoms. The smallest absolute Gasteiger partial charge is 0.303 e. The summed E-state index contributed by atoms with van der Waals surface area (Å²) in [6.07, 6.45) is 10.1. The van der Waals surface area contributed by atoms with Crippen LogP contribution in [-0.4, -0.2) is 40.8 Å². The molecule has 0 aliphatic carbocycles. The highest BCUT2D eigenvalue weighted by Crippen LogP contribution is 2.39. The first-order valence-corrected chi connectivity index (χ1v) is 12.0. The number of thioether (sulfide) groups is 1. The average molecular weight is 458 g/mol. The van der Waals surface area contributed by atoms with Crippen molar-refractivity contribution >= 4 is 17.7 Å². The lowest BCUT2D eigenvalue weighted by molar-refractivity contribution is -0.288. The number of hydrogen-bond donors (Lipinski definition) is 1. The molecule has 2 aromatic rings. The third kappa shape index (κ3) is 6.58. The molecule has 6 nitrogen and oxygen atoms in total. The first kappa shape index (κ1) is 24.3. The Morgan fingerprint density at radius 1 is 1.28 bits per heavy atom. The number of hydrogen-bond acceptors (Lipinski definition) is 6. The minimum Gasteiger partial charge on any atom is -0.481 e. The number of ether oxygens (including phenoxy) is 3. The molecule has 2 heterocycles. The number of benzene rings is 1. The van der Waals surface area contributed by atoms with Crippen molar-refractivity contribution in [3.8, 4) is 5.75 Å². The van der Waals surface area contributed by atoms with Crippen molar-refractivity contribution in [3.05, 3.63) is 66.5 Å². The Morgan fingerprint density at radius 3 is 2.81 bits per heavy atom. The van der Waals surface area contributed by atoms with Crippen LogP contribution < -0.4 is 4.74 Å². The van der Waals surface area contributed by atoms with Crippen LogP contribution in [0.15, 0.2) is 65.8 Å². The van der Waals surface area contributed by atoms with Gasteiger partial charge in [0, 0.05) is 29.6 Å². The predicted octanol–water partition coefficient (Wildman–Crippen LogP) is 5.50. The molecule has 32 heavy (non-hydrogen) atoms. The number of aliphatic carboxylic acids is 1. The van der Waals surface area contributed by atoms with E-state index < -0.39 is 17.9 Å². The molecule has 172 valence electrons. The van der Waals surface area contributed by atoms with Crippen LogP contribution in [0.3, 0.4) is 0 Å². The molecule has 1 aliphatic rings. The molecule has 3 rings (SSSR count).